The minimum absolute atomic E-state index is 0.127. The number of carbonyl (C=O) groups is 1. The molecule has 0 spiro atoms. The van der Waals surface area contributed by atoms with E-state index in [1.807, 2.05) is 4.57 Å². The van der Waals surface area contributed by atoms with Gasteiger partial charge in [-0.25, -0.2) is 0 Å². The summed E-state index contributed by atoms with van der Waals surface area (Å²) in [6, 6.07) is 5.66. The number of halogens is 4. The van der Waals surface area contributed by atoms with E-state index in [0.29, 0.717) is 23.1 Å². The number of alkyl halides is 3. The van der Waals surface area contributed by atoms with Crippen LogP contribution in [0.1, 0.15) is 27.8 Å². The first-order valence-electron chi connectivity index (χ1n) is 9.99. The summed E-state index contributed by atoms with van der Waals surface area (Å²) < 4.78 is 52.7. The Kier molecular flexibility index (Phi) is 5.25. The Bertz CT molecular complexity index is 1230. The van der Waals surface area contributed by atoms with Crippen molar-refractivity contribution in [3.8, 4) is 17.3 Å². The third-order valence-corrected chi connectivity index (χ3v) is 6.16. The number of benzene rings is 1. The molecule has 2 aliphatic rings. The lowest BCUT2D eigenvalue weighted by molar-refractivity contribution is -0.137. The first-order chi connectivity index (χ1) is 15.8. The molecule has 1 aromatic carbocycles. The lowest BCUT2D eigenvalue weighted by Crippen LogP contribution is -2.56. The van der Waals surface area contributed by atoms with Gasteiger partial charge in [0.25, 0.3) is 5.91 Å². The molecule has 33 heavy (non-hydrogen) atoms. The molecular formula is C21H17ClF3N5O3. The molecule has 2 aliphatic heterocycles. The molecule has 2 aromatic heterocycles. The fourth-order valence-electron chi connectivity index (χ4n) is 4.24. The number of carbonyl (C=O) groups excluding carboxylic acids is 1. The highest BCUT2D eigenvalue weighted by Crippen LogP contribution is 2.40. The van der Waals surface area contributed by atoms with Gasteiger partial charge in [0, 0.05) is 18.8 Å². The van der Waals surface area contributed by atoms with Crippen molar-refractivity contribution in [2.24, 2.45) is 0 Å². The van der Waals surface area contributed by atoms with Crippen LogP contribution in [0, 0.1) is 0 Å². The Morgan fingerprint density at radius 1 is 1.24 bits per heavy atom. The number of ether oxygens (including phenoxy) is 2. The normalized spacial score (nSPS) is 19.8. The van der Waals surface area contributed by atoms with Gasteiger partial charge in [0.15, 0.2) is 11.6 Å². The Labute approximate surface area is 190 Å². The van der Waals surface area contributed by atoms with Crippen LogP contribution >= 0.6 is 11.6 Å². The average Bonchev–Trinajstić information content (AvgIpc) is 3.21. The molecule has 8 nitrogen and oxygen atoms in total. The van der Waals surface area contributed by atoms with Crippen molar-refractivity contribution in [3.63, 3.8) is 0 Å². The molecule has 1 amide bonds. The fourth-order valence-corrected chi connectivity index (χ4v) is 4.55. The van der Waals surface area contributed by atoms with Gasteiger partial charge in [-0.1, -0.05) is 17.7 Å². The molecule has 2 atom stereocenters. The van der Waals surface area contributed by atoms with Gasteiger partial charge in [-0.15, -0.1) is 10.2 Å². The van der Waals surface area contributed by atoms with E-state index in [-0.39, 0.29) is 25.3 Å². The number of amides is 1. The molecule has 0 radical (unpaired) electrons. The van der Waals surface area contributed by atoms with Crippen LogP contribution < -0.4 is 4.74 Å². The van der Waals surface area contributed by atoms with Crippen molar-refractivity contribution in [1.82, 2.24) is 24.6 Å². The van der Waals surface area contributed by atoms with Gasteiger partial charge < -0.3 is 18.9 Å². The highest BCUT2D eigenvalue weighted by Gasteiger charge is 2.45. The zero-order valence-corrected chi connectivity index (χ0v) is 18.0. The van der Waals surface area contributed by atoms with E-state index in [2.05, 4.69) is 15.2 Å². The summed E-state index contributed by atoms with van der Waals surface area (Å²) in [4.78, 5) is 19.3. The van der Waals surface area contributed by atoms with E-state index in [0.717, 1.165) is 6.07 Å². The molecule has 0 saturated carbocycles. The van der Waals surface area contributed by atoms with Gasteiger partial charge in [-0.2, -0.15) is 13.2 Å². The molecule has 4 heterocycles. The van der Waals surface area contributed by atoms with Crippen LogP contribution in [0.4, 0.5) is 13.2 Å². The van der Waals surface area contributed by atoms with Gasteiger partial charge >= 0.3 is 6.18 Å². The fraction of sp³-hybridized carbons (Fsp3) is 0.333. The van der Waals surface area contributed by atoms with Crippen molar-refractivity contribution < 1.29 is 27.4 Å². The molecular weight excluding hydrogens is 463 g/mol. The number of pyridine rings is 1. The quantitative estimate of drug-likeness (QED) is 0.570. The summed E-state index contributed by atoms with van der Waals surface area (Å²) in [5, 5.41) is 7.90. The van der Waals surface area contributed by atoms with E-state index >= 15 is 0 Å². The predicted octanol–water partition coefficient (Wildman–Crippen LogP) is 3.62. The molecule has 1 saturated heterocycles. The Morgan fingerprint density at radius 3 is 2.82 bits per heavy atom. The summed E-state index contributed by atoms with van der Waals surface area (Å²) >= 11 is 6.03. The molecule has 1 fully saturated rings. The number of methoxy groups -OCH3 is 1. The van der Waals surface area contributed by atoms with Crippen molar-refractivity contribution in [1.29, 1.82) is 0 Å². The number of hydrogen-bond acceptors (Lipinski definition) is 6. The van der Waals surface area contributed by atoms with E-state index < -0.39 is 34.8 Å². The Balaban J connectivity index is 1.54. The molecule has 0 N–H and O–H groups in total. The zero-order valence-electron chi connectivity index (χ0n) is 17.2. The van der Waals surface area contributed by atoms with E-state index in [1.165, 1.54) is 17.0 Å². The van der Waals surface area contributed by atoms with E-state index in [4.69, 9.17) is 21.1 Å². The van der Waals surface area contributed by atoms with Gasteiger partial charge in [0.1, 0.15) is 17.5 Å². The number of nitrogens with zero attached hydrogens (tertiary/aromatic N) is 5. The standard InChI is InChI=1S/C21H17ClF3N5O3/c1-32-12-5-6-26-15(7-12)18-27-28-19-16-10-33-9-11(8-29(18)19)30(16)20(31)13-3-2-4-14(17(13)22)21(23,24)25/h2-7,11,16H,8-10H2,1H3. The average molecular weight is 480 g/mol. The summed E-state index contributed by atoms with van der Waals surface area (Å²) in [6.45, 7) is 0.624. The number of morpholine rings is 1. The molecule has 172 valence electrons. The molecule has 2 bridgehead atoms. The summed E-state index contributed by atoms with van der Waals surface area (Å²) in [5.74, 6) is 0.958. The third kappa shape index (κ3) is 3.61. The molecule has 3 aromatic rings. The van der Waals surface area contributed by atoms with Crippen molar-refractivity contribution in [3.05, 3.63) is 58.5 Å². The van der Waals surface area contributed by atoms with Gasteiger partial charge in [0.2, 0.25) is 0 Å². The van der Waals surface area contributed by atoms with Crippen LogP contribution in [-0.2, 0) is 17.5 Å². The van der Waals surface area contributed by atoms with Gasteiger partial charge in [0.05, 0.1) is 42.5 Å². The third-order valence-electron chi connectivity index (χ3n) is 5.75. The second-order valence-electron chi connectivity index (χ2n) is 7.66. The van der Waals surface area contributed by atoms with Gasteiger partial charge in [-0.05, 0) is 18.2 Å². The van der Waals surface area contributed by atoms with Crippen molar-refractivity contribution >= 4 is 17.5 Å². The van der Waals surface area contributed by atoms with Crippen LogP contribution in [0.2, 0.25) is 5.02 Å². The largest absolute Gasteiger partial charge is 0.497 e. The molecule has 0 aliphatic carbocycles. The summed E-state index contributed by atoms with van der Waals surface area (Å²) in [6.07, 6.45) is -3.08. The lowest BCUT2D eigenvalue weighted by atomic mass is 10.0. The smallest absolute Gasteiger partial charge is 0.417 e. The van der Waals surface area contributed by atoms with Crippen LogP contribution in [0.3, 0.4) is 0 Å². The van der Waals surface area contributed by atoms with E-state index in [9.17, 15) is 18.0 Å². The highest BCUT2D eigenvalue weighted by molar-refractivity contribution is 6.34. The minimum Gasteiger partial charge on any atom is -0.497 e. The SMILES string of the molecule is COc1ccnc(-c2nnc3n2CC2COCC3N2C(=O)c2cccc(C(F)(F)F)c2Cl)c1. The highest BCUT2D eigenvalue weighted by atomic mass is 35.5. The minimum atomic E-state index is -4.67. The maximum absolute atomic E-state index is 13.4. The molecule has 12 heteroatoms. The van der Waals surface area contributed by atoms with Crippen LogP contribution in [0.15, 0.2) is 36.5 Å². The number of fused-ring (bicyclic) bond motifs is 4. The number of aromatic nitrogens is 4. The number of hydrogen-bond donors (Lipinski definition) is 0. The Hall–Kier alpha value is -3.18. The van der Waals surface area contributed by atoms with Crippen LogP contribution in [-0.4, -0.2) is 56.9 Å². The predicted molar refractivity (Wildman–Crippen MR) is 110 cm³/mol. The zero-order chi connectivity index (χ0) is 23.3. The second-order valence-corrected chi connectivity index (χ2v) is 8.04. The first kappa shape index (κ1) is 21.7. The van der Waals surface area contributed by atoms with Crippen molar-refractivity contribution in [2.75, 3.05) is 20.3 Å². The van der Waals surface area contributed by atoms with E-state index in [1.54, 1.807) is 25.4 Å². The maximum atomic E-state index is 13.4. The van der Waals surface area contributed by atoms with Crippen molar-refractivity contribution in [2.45, 2.75) is 24.8 Å². The van der Waals surface area contributed by atoms with Crippen LogP contribution in [0.5, 0.6) is 5.75 Å². The van der Waals surface area contributed by atoms with Crippen LogP contribution in [0.25, 0.3) is 11.5 Å². The first-order valence-corrected chi connectivity index (χ1v) is 10.4. The second kappa shape index (κ2) is 7.99. The summed E-state index contributed by atoms with van der Waals surface area (Å²) in [7, 11) is 1.54. The monoisotopic (exact) mass is 479 g/mol. The van der Waals surface area contributed by atoms with Gasteiger partial charge in [-0.3, -0.25) is 9.78 Å². The molecule has 2 unspecified atom stereocenters. The maximum Gasteiger partial charge on any atom is 0.417 e. The summed E-state index contributed by atoms with van der Waals surface area (Å²) in [5.41, 5.74) is -0.721. The lowest BCUT2D eigenvalue weighted by Gasteiger charge is -2.45. The Morgan fingerprint density at radius 2 is 2.06 bits per heavy atom. The molecule has 5 rings (SSSR count). The number of rotatable bonds is 3. The topological polar surface area (TPSA) is 82.4 Å².